The summed E-state index contributed by atoms with van der Waals surface area (Å²) in [6.07, 6.45) is 2.99. The van der Waals surface area contributed by atoms with Crippen molar-refractivity contribution >= 4 is 38.0 Å². The minimum atomic E-state index is -0.0648. The van der Waals surface area contributed by atoms with Gasteiger partial charge in [-0.15, -0.1) is 0 Å². The molecule has 0 N–H and O–H groups in total. The van der Waals surface area contributed by atoms with Crippen molar-refractivity contribution in [3.8, 4) is 0 Å². The fraction of sp³-hybridized carbons (Fsp3) is 0. The van der Waals surface area contributed by atoms with Crippen molar-refractivity contribution in [2.45, 2.75) is 0 Å². The zero-order valence-electron chi connectivity index (χ0n) is 4.84. The molecule has 0 aromatic carbocycles. The Kier molecular flexibility index (Phi) is 2.62. The Bertz CT molecular complexity index is 264. The quantitative estimate of drug-likeness (QED) is 0.577. The van der Waals surface area contributed by atoms with Gasteiger partial charge in [0, 0.05) is 40.5 Å². The van der Waals surface area contributed by atoms with Crippen LogP contribution in [0.1, 0.15) is 10.4 Å². The average molecular weight is 267 g/mol. The van der Waals surface area contributed by atoms with E-state index in [1.807, 2.05) is 0 Å². The average Bonchev–Trinajstić information content (AvgIpc) is 1.88. The number of hydrogen-bond acceptors (Lipinski definition) is 2. The topological polar surface area (TPSA) is 30.0 Å². The summed E-state index contributed by atoms with van der Waals surface area (Å²) in [4.78, 5) is 14.5. The molecule has 0 saturated carbocycles. The van der Waals surface area contributed by atoms with Crippen LogP contribution in [0.15, 0.2) is 18.5 Å². The monoisotopic (exact) mass is 267 g/mol. The van der Waals surface area contributed by atoms with Crippen molar-refractivity contribution in [3.63, 3.8) is 0 Å². The minimum Gasteiger partial charge on any atom is -0.282 e. The fourth-order valence-corrected chi connectivity index (χ4v) is 1.37. The second-order valence-corrected chi connectivity index (χ2v) is 3.02. The maximum absolute atomic E-state index is 10.7. The van der Waals surface area contributed by atoms with Crippen LogP contribution in [0.4, 0.5) is 0 Å². The van der Waals surface area contributed by atoms with E-state index < -0.39 is 0 Å². The van der Waals surface area contributed by atoms with Crippen LogP contribution in [-0.2, 0) is 0 Å². The van der Waals surface area contributed by atoms with Crippen LogP contribution < -0.4 is 0 Å². The molecule has 4 heteroatoms. The second-order valence-electron chi connectivity index (χ2n) is 1.63. The van der Waals surface area contributed by atoms with Gasteiger partial charge in [-0.1, -0.05) is 11.6 Å². The lowest BCUT2D eigenvalue weighted by atomic mass is 10.3. The van der Waals surface area contributed by atoms with Crippen LogP contribution in [-0.4, -0.2) is 8.77 Å². The van der Waals surface area contributed by atoms with Crippen LogP contribution >= 0.6 is 34.2 Å². The molecule has 1 heterocycles. The van der Waals surface area contributed by atoms with E-state index in [0.717, 1.165) is 0 Å². The van der Waals surface area contributed by atoms with E-state index in [1.165, 1.54) is 12.4 Å². The first-order valence-corrected chi connectivity index (χ1v) is 3.97. The van der Waals surface area contributed by atoms with E-state index in [1.54, 1.807) is 28.7 Å². The molecule has 0 saturated heterocycles. The van der Waals surface area contributed by atoms with Gasteiger partial charge in [-0.3, -0.25) is 9.78 Å². The lowest BCUT2D eigenvalue weighted by molar-refractivity contribution is 0.110. The lowest BCUT2D eigenvalue weighted by Crippen LogP contribution is -1.88. The van der Waals surface area contributed by atoms with Crippen LogP contribution in [0.25, 0.3) is 0 Å². The van der Waals surface area contributed by atoms with Crippen LogP contribution in [0, 0.1) is 0 Å². The highest BCUT2D eigenvalue weighted by Gasteiger charge is 2.04. The molecule has 0 atom stereocenters. The van der Waals surface area contributed by atoms with Gasteiger partial charge in [0.15, 0.2) is 0 Å². The Balaban J connectivity index is 3.15. The maximum atomic E-state index is 10.7. The van der Waals surface area contributed by atoms with E-state index in [2.05, 4.69) is 4.98 Å². The minimum absolute atomic E-state index is 0.0648. The second kappa shape index (κ2) is 3.30. The molecule has 0 spiro atoms. The molecular weight excluding hydrogens is 264 g/mol. The van der Waals surface area contributed by atoms with E-state index >= 15 is 0 Å². The van der Waals surface area contributed by atoms with Gasteiger partial charge in [0.2, 0.25) is 3.79 Å². The number of carbonyl (C=O) groups excluding carboxylic acids is 1. The van der Waals surface area contributed by atoms with E-state index in [9.17, 15) is 4.79 Å². The molecule has 52 valence electrons. The summed E-state index contributed by atoms with van der Waals surface area (Å²) in [7, 11) is 0. The number of rotatable bonds is 1. The van der Waals surface area contributed by atoms with Crippen molar-refractivity contribution < 1.29 is 4.79 Å². The summed E-state index contributed by atoms with van der Waals surface area (Å²) in [5, 5.41) is 0.405. The number of halogens is 2. The Hall–Kier alpha value is -0.160. The SMILES string of the molecule is O=C(I)c1ccncc1Cl. The molecule has 0 aliphatic rings. The number of pyridine rings is 1. The number of hydrogen-bond donors (Lipinski definition) is 0. The Morgan fingerprint density at radius 2 is 2.40 bits per heavy atom. The van der Waals surface area contributed by atoms with Gasteiger partial charge < -0.3 is 0 Å². The van der Waals surface area contributed by atoms with Crippen LogP contribution in [0.5, 0.6) is 0 Å². The predicted octanol–water partition coefficient (Wildman–Crippen LogP) is 2.31. The number of carbonyl (C=O) groups is 1. The zero-order chi connectivity index (χ0) is 7.56. The molecule has 10 heavy (non-hydrogen) atoms. The molecule has 1 aromatic heterocycles. The molecule has 0 unspecified atom stereocenters. The van der Waals surface area contributed by atoms with E-state index in [-0.39, 0.29) is 3.79 Å². The van der Waals surface area contributed by atoms with Gasteiger partial charge in [-0.25, -0.2) is 0 Å². The molecule has 0 aliphatic heterocycles. The first kappa shape index (κ1) is 7.94. The third-order valence-electron chi connectivity index (χ3n) is 0.984. The van der Waals surface area contributed by atoms with Crippen LogP contribution in [0.3, 0.4) is 0 Å². The highest BCUT2D eigenvalue weighted by atomic mass is 127. The zero-order valence-corrected chi connectivity index (χ0v) is 7.76. The van der Waals surface area contributed by atoms with Crippen molar-refractivity contribution in [1.29, 1.82) is 0 Å². The molecule has 1 rings (SSSR count). The molecule has 2 nitrogen and oxygen atoms in total. The maximum Gasteiger partial charge on any atom is 0.224 e. The molecule has 0 bridgehead atoms. The van der Waals surface area contributed by atoms with Crippen molar-refractivity contribution in [2.24, 2.45) is 0 Å². The lowest BCUT2D eigenvalue weighted by Gasteiger charge is -1.93. The predicted molar refractivity (Wildman–Crippen MR) is 47.6 cm³/mol. The molecule has 1 aromatic rings. The van der Waals surface area contributed by atoms with Gasteiger partial charge >= 0.3 is 0 Å². The molecule has 0 amide bonds. The van der Waals surface area contributed by atoms with Gasteiger partial charge in [0.05, 0.1) is 5.02 Å². The summed E-state index contributed by atoms with van der Waals surface area (Å²) in [5.41, 5.74) is 0.511. The Labute approximate surface area is 76.7 Å². The van der Waals surface area contributed by atoms with E-state index in [0.29, 0.717) is 10.6 Å². The molecular formula is C6H3ClINO. The standard InChI is InChI=1S/C6H3ClINO/c7-5-3-9-2-1-4(5)6(8)10/h1-3H. The molecule has 0 fully saturated rings. The normalized spacial score (nSPS) is 9.40. The summed E-state index contributed by atoms with van der Waals surface area (Å²) < 4.78 is -0.0648. The summed E-state index contributed by atoms with van der Waals surface area (Å²) in [6.45, 7) is 0. The Morgan fingerprint density at radius 1 is 1.70 bits per heavy atom. The number of nitrogens with zero attached hydrogens (tertiary/aromatic N) is 1. The van der Waals surface area contributed by atoms with Gasteiger partial charge in [-0.2, -0.15) is 0 Å². The van der Waals surface area contributed by atoms with Crippen molar-refractivity contribution in [1.82, 2.24) is 4.98 Å². The fourth-order valence-electron chi connectivity index (χ4n) is 0.535. The molecule has 0 radical (unpaired) electrons. The first-order chi connectivity index (χ1) is 4.72. The first-order valence-electron chi connectivity index (χ1n) is 2.51. The summed E-state index contributed by atoms with van der Waals surface area (Å²) in [5.74, 6) is 0. The highest BCUT2D eigenvalue weighted by molar-refractivity contribution is 14.1. The summed E-state index contributed by atoms with van der Waals surface area (Å²) >= 11 is 7.31. The molecule has 0 aliphatic carbocycles. The largest absolute Gasteiger partial charge is 0.282 e. The van der Waals surface area contributed by atoms with Crippen molar-refractivity contribution in [2.75, 3.05) is 0 Å². The van der Waals surface area contributed by atoms with E-state index in [4.69, 9.17) is 11.6 Å². The van der Waals surface area contributed by atoms with Crippen molar-refractivity contribution in [3.05, 3.63) is 29.0 Å². The van der Waals surface area contributed by atoms with Crippen LogP contribution in [0.2, 0.25) is 5.02 Å². The van der Waals surface area contributed by atoms with Gasteiger partial charge in [0.1, 0.15) is 0 Å². The number of aromatic nitrogens is 1. The van der Waals surface area contributed by atoms with Gasteiger partial charge in [0.25, 0.3) is 0 Å². The smallest absolute Gasteiger partial charge is 0.224 e. The highest BCUT2D eigenvalue weighted by Crippen LogP contribution is 2.15. The van der Waals surface area contributed by atoms with Gasteiger partial charge in [-0.05, 0) is 6.07 Å². The third kappa shape index (κ3) is 1.67. The summed E-state index contributed by atoms with van der Waals surface area (Å²) in [6, 6.07) is 1.59. The Morgan fingerprint density at radius 3 is 2.80 bits per heavy atom. The third-order valence-corrected chi connectivity index (χ3v) is 1.87.